The van der Waals surface area contributed by atoms with Gasteiger partial charge in [-0.05, 0) is 20.0 Å². The molecule has 0 aromatic carbocycles. The number of hydrogen-bond donors (Lipinski definition) is 0. The summed E-state index contributed by atoms with van der Waals surface area (Å²) in [5.41, 5.74) is 0.944. The molecule has 0 saturated carbocycles. The largest absolute Gasteiger partial charge is 0.347 e. The standard InChI is InChI=1S/C14H24N4O/c1-10(2)13-15-8-7-12(16-13)9-18(6)11(3)14(19)17(4)5/h7-8,10-11H,9H2,1-6H3/t11-/m0/s1. The van der Waals surface area contributed by atoms with Crippen molar-refractivity contribution in [3.8, 4) is 0 Å². The van der Waals surface area contributed by atoms with Crippen LogP contribution in [0.15, 0.2) is 12.3 Å². The van der Waals surface area contributed by atoms with Crippen molar-refractivity contribution in [3.05, 3.63) is 23.8 Å². The van der Waals surface area contributed by atoms with Gasteiger partial charge < -0.3 is 4.90 Å². The molecule has 1 aromatic rings. The molecule has 0 aliphatic heterocycles. The average Bonchev–Trinajstić information content (AvgIpc) is 2.37. The van der Waals surface area contributed by atoms with Crippen molar-refractivity contribution in [2.24, 2.45) is 0 Å². The summed E-state index contributed by atoms with van der Waals surface area (Å²) >= 11 is 0. The van der Waals surface area contributed by atoms with E-state index in [0.29, 0.717) is 12.5 Å². The second-order valence-corrected chi connectivity index (χ2v) is 5.38. The molecule has 0 bridgehead atoms. The van der Waals surface area contributed by atoms with Gasteiger partial charge in [0.2, 0.25) is 5.91 Å². The van der Waals surface area contributed by atoms with Gasteiger partial charge in [0.05, 0.1) is 11.7 Å². The Bertz CT molecular complexity index is 431. The molecule has 1 heterocycles. The predicted molar refractivity (Wildman–Crippen MR) is 75.7 cm³/mol. The minimum Gasteiger partial charge on any atom is -0.347 e. The molecule has 1 rings (SSSR count). The minimum absolute atomic E-state index is 0.0978. The van der Waals surface area contributed by atoms with Gasteiger partial charge in [0.25, 0.3) is 0 Å². The molecule has 0 N–H and O–H groups in total. The van der Waals surface area contributed by atoms with Gasteiger partial charge in [-0.1, -0.05) is 13.8 Å². The zero-order valence-corrected chi connectivity index (χ0v) is 12.7. The molecule has 0 fully saturated rings. The molecule has 19 heavy (non-hydrogen) atoms. The third kappa shape index (κ3) is 4.28. The Kier molecular flexibility index (Phi) is 5.42. The zero-order valence-electron chi connectivity index (χ0n) is 12.7. The molecule has 0 aliphatic rings. The SMILES string of the molecule is CC(C)c1nccc(CN(C)[C@@H](C)C(=O)N(C)C)n1. The number of amides is 1. The van der Waals surface area contributed by atoms with E-state index in [2.05, 4.69) is 23.8 Å². The van der Waals surface area contributed by atoms with Crippen LogP contribution in [0.5, 0.6) is 0 Å². The van der Waals surface area contributed by atoms with Crippen molar-refractivity contribution in [2.75, 3.05) is 21.1 Å². The average molecular weight is 264 g/mol. The van der Waals surface area contributed by atoms with Gasteiger partial charge in [0, 0.05) is 32.8 Å². The number of likely N-dealkylation sites (N-methyl/N-ethyl adjacent to an activating group) is 2. The van der Waals surface area contributed by atoms with Crippen molar-refractivity contribution in [1.29, 1.82) is 0 Å². The number of hydrogen-bond acceptors (Lipinski definition) is 4. The second kappa shape index (κ2) is 6.61. The molecule has 0 saturated heterocycles. The van der Waals surface area contributed by atoms with E-state index in [-0.39, 0.29) is 11.9 Å². The van der Waals surface area contributed by atoms with Crippen molar-refractivity contribution < 1.29 is 4.79 Å². The van der Waals surface area contributed by atoms with Crippen LogP contribution >= 0.6 is 0 Å². The van der Waals surface area contributed by atoms with Crippen LogP contribution < -0.4 is 0 Å². The van der Waals surface area contributed by atoms with E-state index in [0.717, 1.165) is 11.5 Å². The summed E-state index contributed by atoms with van der Waals surface area (Å²) in [7, 11) is 5.48. The molecule has 1 amide bonds. The van der Waals surface area contributed by atoms with Crippen LogP contribution in [0.1, 0.15) is 38.2 Å². The fourth-order valence-electron chi connectivity index (χ4n) is 1.73. The first kappa shape index (κ1) is 15.6. The van der Waals surface area contributed by atoms with E-state index in [1.807, 2.05) is 24.9 Å². The van der Waals surface area contributed by atoms with Gasteiger partial charge in [0.15, 0.2) is 0 Å². The van der Waals surface area contributed by atoms with Gasteiger partial charge in [-0.15, -0.1) is 0 Å². The predicted octanol–water partition coefficient (Wildman–Crippen LogP) is 1.51. The Balaban J connectivity index is 2.74. The van der Waals surface area contributed by atoms with Gasteiger partial charge in [-0.25, -0.2) is 9.97 Å². The number of aromatic nitrogens is 2. The number of carbonyl (C=O) groups is 1. The summed E-state index contributed by atoms with van der Waals surface area (Å²) in [6, 6.07) is 1.74. The maximum Gasteiger partial charge on any atom is 0.239 e. The maximum atomic E-state index is 11.9. The van der Waals surface area contributed by atoms with E-state index in [9.17, 15) is 4.79 Å². The highest BCUT2D eigenvalue weighted by molar-refractivity contribution is 5.80. The van der Waals surface area contributed by atoms with Crippen LogP contribution in [-0.2, 0) is 11.3 Å². The minimum atomic E-state index is -0.160. The number of nitrogens with zero attached hydrogens (tertiary/aromatic N) is 4. The van der Waals surface area contributed by atoms with Crippen LogP contribution in [0.25, 0.3) is 0 Å². The number of carbonyl (C=O) groups excluding carboxylic acids is 1. The summed E-state index contributed by atoms with van der Waals surface area (Å²) in [4.78, 5) is 24.3. The smallest absolute Gasteiger partial charge is 0.239 e. The Morgan fingerprint density at radius 1 is 1.26 bits per heavy atom. The van der Waals surface area contributed by atoms with Crippen molar-refractivity contribution in [1.82, 2.24) is 19.8 Å². The molecule has 0 radical (unpaired) electrons. The lowest BCUT2D eigenvalue weighted by atomic mass is 10.2. The Hall–Kier alpha value is -1.49. The van der Waals surface area contributed by atoms with E-state index in [1.54, 1.807) is 25.2 Å². The molecule has 106 valence electrons. The van der Waals surface area contributed by atoms with Gasteiger partial charge >= 0.3 is 0 Å². The Labute approximate surface area is 115 Å². The van der Waals surface area contributed by atoms with Gasteiger partial charge in [0.1, 0.15) is 5.82 Å². The summed E-state index contributed by atoms with van der Waals surface area (Å²) in [6.45, 7) is 6.69. The Morgan fingerprint density at radius 2 is 1.89 bits per heavy atom. The van der Waals surface area contributed by atoms with E-state index >= 15 is 0 Å². The van der Waals surface area contributed by atoms with Crippen LogP contribution in [0.3, 0.4) is 0 Å². The first-order chi connectivity index (χ1) is 8.82. The van der Waals surface area contributed by atoms with E-state index in [1.165, 1.54) is 0 Å². The molecule has 5 nitrogen and oxygen atoms in total. The third-order valence-electron chi connectivity index (χ3n) is 3.12. The molecule has 1 aromatic heterocycles. The first-order valence-electron chi connectivity index (χ1n) is 6.56. The molecule has 1 atom stereocenters. The molecular formula is C14H24N4O. The molecule has 5 heteroatoms. The summed E-state index contributed by atoms with van der Waals surface area (Å²) < 4.78 is 0. The molecular weight excluding hydrogens is 240 g/mol. The lowest BCUT2D eigenvalue weighted by molar-refractivity contribution is -0.133. The van der Waals surface area contributed by atoms with Gasteiger partial charge in [-0.3, -0.25) is 9.69 Å². The molecule has 0 unspecified atom stereocenters. The van der Waals surface area contributed by atoms with Gasteiger partial charge in [-0.2, -0.15) is 0 Å². The highest BCUT2D eigenvalue weighted by Gasteiger charge is 2.20. The van der Waals surface area contributed by atoms with E-state index in [4.69, 9.17) is 0 Å². The number of rotatable bonds is 5. The quantitative estimate of drug-likeness (QED) is 0.809. The summed E-state index contributed by atoms with van der Waals surface area (Å²) in [5.74, 6) is 1.25. The highest BCUT2D eigenvalue weighted by Crippen LogP contribution is 2.10. The fraction of sp³-hybridized carbons (Fsp3) is 0.643. The van der Waals surface area contributed by atoms with E-state index < -0.39 is 0 Å². The first-order valence-corrected chi connectivity index (χ1v) is 6.56. The van der Waals surface area contributed by atoms with Crippen molar-refractivity contribution in [2.45, 2.75) is 39.3 Å². The Morgan fingerprint density at radius 3 is 2.42 bits per heavy atom. The lowest BCUT2D eigenvalue weighted by Crippen LogP contribution is -2.42. The third-order valence-corrected chi connectivity index (χ3v) is 3.12. The monoisotopic (exact) mass is 264 g/mol. The lowest BCUT2D eigenvalue weighted by Gasteiger charge is -2.26. The second-order valence-electron chi connectivity index (χ2n) is 5.38. The van der Waals surface area contributed by atoms with Crippen LogP contribution in [0, 0.1) is 0 Å². The van der Waals surface area contributed by atoms with Crippen LogP contribution in [-0.4, -0.2) is 52.9 Å². The van der Waals surface area contributed by atoms with Crippen LogP contribution in [0.4, 0.5) is 0 Å². The normalized spacial score (nSPS) is 12.8. The topological polar surface area (TPSA) is 49.3 Å². The maximum absolute atomic E-state index is 11.9. The summed E-state index contributed by atoms with van der Waals surface area (Å²) in [6.07, 6.45) is 1.78. The summed E-state index contributed by atoms with van der Waals surface area (Å²) in [5, 5.41) is 0. The van der Waals surface area contributed by atoms with Crippen molar-refractivity contribution in [3.63, 3.8) is 0 Å². The highest BCUT2D eigenvalue weighted by atomic mass is 16.2. The molecule has 0 spiro atoms. The zero-order chi connectivity index (χ0) is 14.6. The molecule has 0 aliphatic carbocycles. The van der Waals surface area contributed by atoms with Crippen molar-refractivity contribution >= 4 is 5.91 Å². The van der Waals surface area contributed by atoms with Crippen LogP contribution in [0.2, 0.25) is 0 Å². The fourth-order valence-corrected chi connectivity index (χ4v) is 1.73.